The molecule has 2 N–H and O–H groups in total. The first-order valence-corrected chi connectivity index (χ1v) is 7.94. The molecule has 0 saturated heterocycles. The minimum absolute atomic E-state index is 0.225. The first kappa shape index (κ1) is 14.8. The molecule has 0 bridgehead atoms. The van der Waals surface area contributed by atoms with Crippen LogP contribution in [0.1, 0.15) is 39.0 Å². The monoisotopic (exact) mass is 259 g/mol. The second-order valence-corrected chi connectivity index (χ2v) is 6.14. The lowest BCUT2D eigenvalue weighted by atomic mass is 9.83. The fraction of sp³-hybridized carbons (Fsp3) is 0.923. The number of carbonyl (C=O) groups excluding carboxylic acids is 1. The number of hydrogen-bond acceptors (Lipinski definition) is 4. The van der Waals surface area contributed by atoms with E-state index in [-0.39, 0.29) is 5.97 Å². The summed E-state index contributed by atoms with van der Waals surface area (Å²) in [4.78, 5) is 11.6. The van der Waals surface area contributed by atoms with Gasteiger partial charge in [0.15, 0.2) is 0 Å². The third-order valence-corrected chi connectivity index (χ3v) is 4.09. The highest BCUT2D eigenvalue weighted by Crippen LogP contribution is 2.28. The van der Waals surface area contributed by atoms with Gasteiger partial charge in [0, 0.05) is 0 Å². The van der Waals surface area contributed by atoms with Crippen LogP contribution in [0, 0.1) is 11.8 Å². The van der Waals surface area contributed by atoms with Crippen LogP contribution in [0.25, 0.3) is 0 Å². The van der Waals surface area contributed by atoms with E-state index in [0.717, 1.165) is 11.7 Å². The maximum Gasteiger partial charge on any atom is 0.322 e. The van der Waals surface area contributed by atoms with Crippen LogP contribution >= 0.6 is 11.8 Å². The van der Waals surface area contributed by atoms with Crippen LogP contribution in [-0.4, -0.2) is 30.6 Å². The highest BCUT2D eigenvalue weighted by atomic mass is 32.2. The van der Waals surface area contributed by atoms with Gasteiger partial charge in [-0.15, -0.1) is 0 Å². The molecule has 100 valence electrons. The van der Waals surface area contributed by atoms with Gasteiger partial charge in [0.1, 0.15) is 6.04 Å². The minimum Gasteiger partial charge on any atom is -0.464 e. The molecular formula is C13H25NO2S. The second kappa shape index (κ2) is 7.98. The first-order chi connectivity index (χ1) is 8.13. The number of hydrogen-bond donors (Lipinski definition) is 1. The van der Waals surface area contributed by atoms with Crippen molar-refractivity contribution in [2.45, 2.75) is 45.1 Å². The first-order valence-electron chi connectivity index (χ1n) is 6.54. The van der Waals surface area contributed by atoms with Crippen LogP contribution in [0.3, 0.4) is 0 Å². The molecule has 1 rings (SSSR count). The Hall–Kier alpha value is -0.220. The van der Waals surface area contributed by atoms with Crippen molar-refractivity contribution in [3.63, 3.8) is 0 Å². The quantitative estimate of drug-likeness (QED) is 0.744. The van der Waals surface area contributed by atoms with Crippen LogP contribution in [0.4, 0.5) is 0 Å². The molecule has 3 unspecified atom stereocenters. The van der Waals surface area contributed by atoms with Crippen molar-refractivity contribution in [1.29, 1.82) is 0 Å². The fourth-order valence-corrected chi connectivity index (χ4v) is 2.87. The average Bonchev–Trinajstić information content (AvgIpc) is 2.33. The summed E-state index contributed by atoms with van der Waals surface area (Å²) < 4.78 is 5.32. The van der Waals surface area contributed by atoms with E-state index < -0.39 is 6.04 Å². The van der Waals surface area contributed by atoms with E-state index in [2.05, 4.69) is 6.92 Å². The van der Waals surface area contributed by atoms with Gasteiger partial charge < -0.3 is 10.5 Å². The van der Waals surface area contributed by atoms with Gasteiger partial charge in [0.2, 0.25) is 0 Å². The second-order valence-electron chi connectivity index (χ2n) is 5.16. The third kappa shape index (κ3) is 5.77. The maximum absolute atomic E-state index is 11.6. The minimum atomic E-state index is -0.441. The van der Waals surface area contributed by atoms with E-state index in [1.54, 1.807) is 11.8 Å². The number of thioether (sulfide) groups is 1. The summed E-state index contributed by atoms with van der Waals surface area (Å²) in [5, 5.41) is 0. The number of nitrogens with two attached hydrogens (primary N) is 1. The SMILES string of the molecule is CSCCC(N)C(=O)OCC1CCCC(C)C1. The van der Waals surface area contributed by atoms with Crippen LogP contribution in [0.2, 0.25) is 0 Å². The van der Waals surface area contributed by atoms with Crippen molar-refractivity contribution in [1.82, 2.24) is 0 Å². The summed E-state index contributed by atoms with van der Waals surface area (Å²) in [6.07, 6.45) is 7.69. The van der Waals surface area contributed by atoms with E-state index in [1.165, 1.54) is 25.7 Å². The molecule has 0 aliphatic heterocycles. The lowest BCUT2D eigenvalue weighted by Crippen LogP contribution is -2.34. The molecular weight excluding hydrogens is 234 g/mol. The molecule has 3 atom stereocenters. The van der Waals surface area contributed by atoms with Crippen LogP contribution in [-0.2, 0) is 9.53 Å². The predicted molar refractivity (Wildman–Crippen MR) is 73.1 cm³/mol. The summed E-state index contributed by atoms with van der Waals surface area (Å²) in [5.74, 6) is 2.02. The Morgan fingerprint density at radius 3 is 2.94 bits per heavy atom. The fourth-order valence-electron chi connectivity index (χ4n) is 2.38. The molecule has 0 aromatic carbocycles. The van der Waals surface area contributed by atoms with E-state index >= 15 is 0 Å². The van der Waals surface area contributed by atoms with E-state index in [1.807, 2.05) is 6.26 Å². The zero-order valence-corrected chi connectivity index (χ0v) is 11.8. The Balaban J connectivity index is 2.18. The molecule has 1 aliphatic rings. The lowest BCUT2D eigenvalue weighted by molar-refractivity contribution is -0.147. The third-order valence-electron chi connectivity index (χ3n) is 3.44. The Labute approximate surface area is 109 Å². The van der Waals surface area contributed by atoms with Gasteiger partial charge in [0.25, 0.3) is 0 Å². The zero-order chi connectivity index (χ0) is 12.7. The van der Waals surface area contributed by atoms with E-state index in [9.17, 15) is 4.79 Å². The van der Waals surface area contributed by atoms with Gasteiger partial charge >= 0.3 is 5.97 Å². The summed E-state index contributed by atoms with van der Waals surface area (Å²) in [5.41, 5.74) is 5.76. The van der Waals surface area contributed by atoms with Gasteiger partial charge in [-0.25, -0.2) is 0 Å². The summed E-state index contributed by atoms with van der Waals surface area (Å²) >= 11 is 1.71. The molecule has 1 aliphatic carbocycles. The zero-order valence-electron chi connectivity index (χ0n) is 11.0. The highest BCUT2D eigenvalue weighted by Gasteiger charge is 2.21. The number of carbonyl (C=O) groups is 1. The molecule has 1 saturated carbocycles. The van der Waals surface area contributed by atoms with Crippen molar-refractivity contribution in [2.24, 2.45) is 17.6 Å². The molecule has 0 spiro atoms. The van der Waals surface area contributed by atoms with Gasteiger partial charge in [0.05, 0.1) is 6.61 Å². The van der Waals surface area contributed by atoms with E-state index in [4.69, 9.17) is 10.5 Å². The highest BCUT2D eigenvalue weighted by molar-refractivity contribution is 7.98. The molecule has 0 aromatic heterocycles. The molecule has 0 amide bonds. The van der Waals surface area contributed by atoms with Crippen LogP contribution in [0.5, 0.6) is 0 Å². The normalized spacial score (nSPS) is 26.5. The molecule has 0 heterocycles. The number of rotatable bonds is 6. The lowest BCUT2D eigenvalue weighted by Gasteiger charge is -2.26. The van der Waals surface area contributed by atoms with Gasteiger partial charge in [-0.05, 0) is 43.1 Å². The van der Waals surface area contributed by atoms with Crippen molar-refractivity contribution in [3.8, 4) is 0 Å². The topological polar surface area (TPSA) is 52.3 Å². The van der Waals surface area contributed by atoms with Crippen LogP contribution < -0.4 is 5.73 Å². The smallest absolute Gasteiger partial charge is 0.322 e. The Kier molecular flexibility index (Phi) is 6.97. The van der Waals surface area contributed by atoms with Crippen molar-refractivity contribution >= 4 is 17.7 Å². The number of ether oxygens (including phenoxy) is 1. The summed E-state index contributed by atoms with van der Waals surface area (Å²) in [7, 11) is 0. The Bertz CT molecular complexity index is 235. The predicted octanol–water partition coefficient (Wildman–Crippen LogP) is 2.44. The van der Waals surface area contributed by atoms with Crippen molar-refractivity contribution in [2.75, 3.05) is 18.6 Å². The average molecular weight is 259 g/mol. The molecule has 3 nitrogen and oxygen atoms in total. The van der Waals surface area contributed by atoms with E-state index in [0.29, 0.717) is 18.9 Å². The maximum atomic E-state index is 11.6. The van der Waals surface area contributed by atoms with Crippen molar-refractivity contribution in [3.05, 3.63) is 0 Å². The Morgan fingerprint density at radius 1 is 1.53 bits per heavy atom. The van der Waals surface area contributed by atoms with Crippen LogP contribution in [0.15, 0.2) is 0 Å². The largest absolute Gasteiger partial charge is 0.464 e. The van der Waals surface area contributed by atoms with Gasteiger partial charge in [-0.3, -0.25) is 4.79 Å². The molecule has 4 heteroatoms. The molecule has 0 aromatic rings. The molecule has 1 fully saturated rings. The number of esters is 1. The molecule has 17 heavy (non-hydrogen) atoms. The standard InChI is InChI=1S/C13H25NO2S/c1-10-4-3-5-11(8-10)9-16-13(15)12(14)6-7-17-2/h10-12H,3-9,14H2,1-2H3. The summed E-state index contributed by atoms with van der Waals surface area (Å²) in [6.45, 7) is 2.84. The van der Waals surface area contributed by atoms with Gasteiger partial charge in [-0.1, -0.05) is 19.8 Å². The molecule has 0 radical (unpaired) electrons. The van der Waals surface area contributed by atoms with Gasteiger partial charge in [-0.2, -0.15) is 11.8 Å². The summed E-state index contributed by atoms with van der Waals surface area (Å²) in [6, 6.07) is -0.441. The Morgan fingerprint density at radius 2 is 2.29 bits per heavy atom. The van der Waals surface area contributed by atoms with Crippen molar-refractivity contribution < 1.29 is 9.53 Å².